The Morgan fingerprint density at radius 3 is 2.56 bits per heavy atom. The second-order valence-electron chi connectivity index (χ2n) is 5.21. The average molecular weight is 378 g/mol. The van der Waals surface area contributed by atoms with E-state index in [1.807, 2.05) is 30.3 Å². The van der Waals surface area contributed by atoms with Crippen molar-refractivity contribution in [3.63, 3.8) is 0 Å². The SMILES string of the molecule is Fc1cnc(OCc2ccccc2Cl)nc1NCc1ccc(Cl)cc1. The number of hydrogen-bond acceptors (Lipinski definition) is 4. The van der Waals surface area contributed by atoms with Gasteiger partial charge in [-0.1, -0.05) is 53.5 Å². The van der Waals surface area contributed by atoms with Crippen LogP contribution in [-0.4, -0.2) is 9.97 Å². The lowest BCUT2D eigenvalue weighted by molar-refractivity contribution is 0.280. The van der Waals surface area contributed by atoms with Gasteiger partial charge in [0, 0.05) is 22.2 Å². The zero-order valence-corrected chi connectivity index (χ0v) is 14.6. The van der Waals surface area contributed by atoms with E-state index in [0.717, 1.165) is 17.3 Å². The summed E-state index contributed by atoms with van der Waals surface area (Å²) < 4.78 is 19.4. The fourth-order valence-corrected chi connectivity index (χ4v) is 2.41. The van der Waals surface area contributed by atoms with Crippen molar-refractivity contribution in [2.45, 2.75) is 13.2 Å². The van der Waals surface area contributed by atoms with Gasteiger partial charge < -0.3 is 10.1 Å². The molecule has 1 aromatic heterocycles. The number of halogens is 3. The van der Waals surface area contributed by atoms with Gasteiger partial charge in [-0.15, -0.1) is 0 Å². The van der Waals surface area contributed by atoms with Crippen LogP contribution in [0.25, 0.3) is 0 Å². The van der Waals surface area contributed by atoms with E-state index < -0.39 is 5.82 Å². The van der Waals surface area contributed by atoms with Gasteiger partial charge in [-0.2, -0.15) is 4.98 Å². The van der Waals surface area contributed by atoms with Crippen molar-refractivity contribution in [2.75, 3.05) is 5.32 Å². The minimum Gasteiger partial charge on any atom is -0.458 e. The number of aromatic nitrogens is 2. The van der Waals surface area contributed by atoms with E-state index in [0.29, 0.717) is 16.6 Å². The number of nitrogens with one attached hydrogen (secondary N) is 1. The van der Waals surface area contributed by atoms with Gasteiger partial charge >= 0.3 is 6.01 Å². The molecule has 0 atom stereocenters. The molecule has 0 bridgehead atoms. The molecule has 0 amide bonds. The maximum absolute atomic E-state index is 13.9. The second kappa shape index (κ2) is 8.14. The van der Waals surface area contributed by atoms with Gasteiger partial charge in [0.05, 0.1) is 6.20 Å². The van der Waals surface area contributed by atoms with Crippen molar-refractivity contribution in [3.05, 3.63) is 81.7 Å². The van der Waals surface area contributed by atoms with Gasteiger partial charge in [0.25, 0.3) is 0 Å². The third-order valence-electron chi connectivity index (χ3n) is 3.41. The lowest BCUT2D eigenvalue weighted by atomic mass is 10.2. The lowest BCUT2D eigenvalue weighted by Gasteiger charge is -2.10. The molecule has 0 radical (unpaired) electrons. The molecule has 128 valence electrons. The summed E-state index contributed by atoms with van der Waals surface area (Å²) in [7, 11) is 0. The molecule has 2 aromatic carbocycles. The molecule has 1 heterocycles. The van der Waals surface area contributed by atoms with E-state index in [-0.39, 0.29) is 18.4 Å². The summed E-state index contributed by atoms with van der Waals surface area (Å²) in [6, 6.07) is 14.6. The number of rotatable bonds is 6. The van der Waals surface area contributed by atoms with Crippen LogP contribution in [0.5, 0.6) is 6.01 Å². The predicted molar refractivity (Wildman–Crippen MR) is 96.6 cm³/mol. The largest absolute Gasteiger partial charge is 0.458 e. The van der Waals surface area contributed by atoms with Gasteiger partial charge in [-0.3, -0.25) is 0 Å². The Kier molecular flexibility index (Phi) is 5.68. The second-order valence-corrected chi connectivity index (χ2v) is 6.05. The van der Waals surface area contributed by atoms with E-state index in [4.69, 9.17) is 27.9 Å². The molecule has 25 heavy (non-hydrogen) atoms. The average Bonchev–Trinajstić information content (AvgIpc) is 2.62. The Labute approximate surface area is 154 Å². The lowest BCUT2D eigenvalue weighted by Crippen LogP contribution is -2.07. The van der Waals surface area contributed by atoms with Crippen LogP contribution < -0.4 is 10.1 Å². The predicted octanol–water partition coefficient (Wildman–Crippen LogP) is 5.11. The summed E-state index contributed by atoms with van der Waals surface area (Å²) in [5.74, 6) is -0.488. The molecular weight excluding hydrogens is 364 g/mol. The van der Waals surface area contributed by atoms with E-state index in [1.165, 1.54) is 0 Å². The molecule has 7 heteroatoms. The number of hydrogen-bond donors (Lipinski definition) is 1. The van der Waals surface area contributed by atoms with Crippen LogP contribution in [-0.2, 0) is 13.2 Å². The Hall–Kier alpha value is -2.37. The molecule has 0 spiro atoms. The number of benzene rings is 2. The van der Waals surface area contributed by atoms with E-state index >= 15 is 0 Å². The number of nitrogens with zero attached hydrogens (tertiary/aromatic N) is 2. The molecule has 0 aliphatic carbocycles. The highest BCUT2D eigenvalue weighted by Gasteiger charge is 2.09. The molecule has 0 saturated carbocycles. The zero-order valence-electron chi connectivity index (χ0n) is 13.0. The summed E-state index contributed by atoms with van der Waals surface area (Å²) in [6.07, 6.45) is 1.07. The van der Waals surface area contributed by atoms with E-state index in [2.05, 4.69) is 15.3 Å². The molecule has 0 fully saturated rings. The highest BCUT2D eigenvalue weighted by Crippen LogP contribution is 2.19. The summed E-state index contributed by atoms with van der Waals surface area (Å²) in [6.45, 7) is 0.594. The highest BCUT2D eigenvalue weighted by atomic mass is 35.5. The van der Waals surface area contributed by atoms with Gasteiger partial charge in [-0.05, 0) is 23.8 Å². The first kappa shape index (κ1) is 17.5. The van der Waals surface area contributed by atoms with Crippen LogP contribution >= 0.6 is 23.2 Å². The zero-order chi connectivity index (χ0) is 17.6. The monoisotopic (exact) mass is 377 g/mol. The third kappa shape index (κ3) is 4.81. The molecule has 3 aromatic rings. The maximum atomic E-state index is 13.9. The van der Waals surface area contributed by atoms with E-state index in [9.17, 15) is 4.39 Å². The Morgan fingerprint density at radius 1 is 1.04 bits per heavy atom. The maximum Gasteiger partial charge on any atom is 0.318 e. The summed E-state index contributed by atoms with van der Waals surface area (Å²) in [5.41, 5.74) is 1.74. The molecule has 4 nitrogen and oxygen atoms in total. The normalized spacial score (nSPS) is 10.5. The summed E-state index contributed by atoms with van der Waals surface area (Å²) >= 11 is 11.9. The summed E-state index contributed by atoms with van der Waals surface area (Å²) in [4.78, 5) is 7.90. The molecule has 0 aliphatic heterocycles. The minimum atomic E-state index is -0.556. The summed E-state index contributed by atoms with van der Waals surface area (Å²) in [5, 5.41) is 4.16. The first-order chi connectivity index (χ1) is 12.1. The standard InChI is InChI=1S/C18H14Cl2FN3O/c19-14-7-5-12(6-8-14)9-22-17-16(21)10-23-18(24-17)25-11-13-3-1-2-4-15(13)20/h1-8,10H,9,11H2,(H,22,23,24). The molecule has 0 saturated heterocycles. The fraction of sp³-hybridized carbons (Fsp3) is 0.111. The number of anilines is 1. The molecular formula is C18H14Cl2FN3O. The van der Waals surface area contributed by atoms with Crippen LogP contribution in [0.3, 0.4) is 0 Å². The molecule has 0 aliphatic rings. The minimum absolute atomic E-state index is 0.0686. The first-order valence-corrected chi connectivity index (χ1v) is 8.24. The number of ether oxygens (including phenoxy) is 1. The van der Waals surface area contributed by atoms with Gasteiger partial charge in [-0.25, -0.2) is 9.37 Å². The van der Waals surface area contributed by atoms with Crippen molar-refractivity contribution in [1.29, 1.82) is 0 Å². The molecule has 0 unspecified atom stereocenters. The molecule has 1 N–H and O–H groups in total. The topological polar surface area (TPSA) is 47.0 Å². The van der Waals surface area contributed by atoms with Crippen molar-refractivity contribution >= 4 is 29.0 Å². The van der Waals surface area contributed by atoms with Crippen molar-refractivity contribution in [3.8, 4) is 6.01 Å². The van der Waals surface area contributed by atoms with Crippen LogP contribution in [0, 0.1) is 5.82 Å². The smallest absolute Gasteiger partial charge is 0.318 e. The van der Waals surface area contributed by atoms with Gasteiger partial charge in [0.15, 0.2) is 11.6 Å². The van der Waals surface area contributed by atoms with Crippen molar-refractivity contribution < 1.29 is 9.13 Å². The Morgan fingerprint density at radius 2 is 1.80 bits per heavy atom. The van der Waals surface area contributed by atoms with Crippen LogP contribution in [0.1, 0.15) is 11.1 Å². The van der Waals surface area contributed by atoms with Crippen LogP contribution in [0.4, 0.5) is 10.2 Å². The molecule has 3 rings (SSSR count). The van der Waals surface area contributed by atoms with Crippen molar-refractivity contribution in [1.82, 2.24) is 9.97 Å². The Balaban J connectivity index is 1.65. The highest BCUT2D eigenvalue weighted by molar-refractivity contribution is 6.31. The third-order valence-corrected chi connectivity index (χ3v) is 4.03. The van der Waals surface area contributed by atoms with Gasteiger partial charge in [0.2, 0.25) is 0 Å². The van der Waals surface area contributed by atoms with Crippen LogP contribution in [0.15, 0.2) is 54.7 Å². The Bertz CT molecular complexity index is 859. The van der Waals surface area contributed by atoms with Crippen molar-refractivity contribution in [2.24, 2.45) is 0 Å². The quantitative estimate of drug-likeness (QED) is 0.647. The fourth-order valence-electron chi connectivity index (χ4n) is 2.09. The van der Waals surface area contributed by atoms with E-state index in [1.54, 1.807) is 18.2 Å². The first-order valence-electron chi connectivity index (χ1n) is 7.49. The van der Waals surface area contributed by atoms with Crippen LogP contribution in [0.2, 0.25) is 10.0 Å². The van der Waals surface area contributed by atoms with Gasteiger partial charge in [0.1, 0.15) is 6.61 Å².